The average molecular weight is 247 g/mol. The number of ether oxygens (including phenoxy) is 1. The van der Waals surface area contributed by atoms with Crippen LogP contribution >= 0.6 is 0 Å². The molecule has 18 heavy (non-hydrogen) atoms. The first-order chi connectivity index (χ1) is 8.79. The Kier molecular flexibility index (Phi) is 4.30. The van der Waals surface area contributed by atoms with E-state index in [1.165, 1.54) is 0 Å². The molecule has 0 aliphatic carbocycles. The molecule has 0 atom stereocenters. The maximum Gasteiger partial charge on any atom is 0.253 e. The minimum atomic E-state index is 0.292. The lowest BCUT2D eigenvalue weighted by molar-refractivity contribution is 0.257. The van der Waals surface area contributed by atoms with E-state index in [2.05, 4.69) is 10.2 Å². The Balaban J connectivity index is 1.90. The van der Waals surface area contributed by atoms with E-state index in [9.17, 15) is 0 Å². The molecule has 1 heterocycles. The molecule has 0 saturated heterocycles. The van der Waals surface area contributed by atoms with E-state index in [0.717, 1.165) is 17.7 Å². The summed E-state index contributed by atoms with van der Waals surface area (Å²) in [4.78, 5) is 0. The first-order valence-electron chi connectivity index (χ1n) is 5.99. The molecule has 0 fully saturated rings. The van der Waals surface area contributed by atoms with Gasteiger partial charge in [0.2, 0.25) is 5.89 Å². The highest BCUT2D eigenvalue weighted by molar-refractivity contribution is 5.31. The monoisotopic (exact) mass is 247 g/mol. The Morgan fingerprint density at radius 1 is 1.22 bits per heavy atom. The molecule has 1 aromatic heterocycles. The summed E-state index contributed by atoms with van der Waals surface area (Å²) in [5, 5.41) is 7.87. The number of aromatic nitrogens is 2. The number of nitrogens with two attached hydrogens (primary N) is 1. The van der Waals surface area contributed by atoms with Crippen LogP contribution in [0, 0.1) is 6.92 Å². The highest BCUT2D eigenvalue weighted by atomic mass is 16.5. The third-order valence-corrected chi connectivity index (χ3v) is 2.55. The number of para-hydroxylation sites is 1. The van der Waals surface area contributed by atoms with Crippen molar-refractivity contribution >= 4 is 0 Å². The third kappa shape index (κ3) is 3.30. The molecule has 0 unspecified atom stereocenters. The number of rotatable bonds is 6. The van der Waals surface area contributed by atoms with Gasteiger partial charge in [-0.2, -0.15) is 0 Å². The largest absolute Gasteiger partial charge is 0.484 e. The summed E-state index contributed by atoms with van der Waals surface area (Å²) >= 11 is 0. The van der Waals surface area contributed by atoms with Crippen LogP contribution in [0.1, 0.15) is 23.8 Å². The number of hydrogen-bond donors (Lipinski definition) is 1. The van der Waals surface area contributed by atoms with Gasteiger partial charge in [0, 0.05) is 6.42 Å². The molecular formula is C13H17N3O2. The Hall–Kier alpha value is -1.88. The predicted octanol–water partition coefficient (Wildman–Crippen LogP) is 1.85. The molecule has 2 aromatic rings. The van der Waals surface area contributed by atoms with Gasteiger partial charge in [0.05, 0.1) is 0 Å². The summed E-state index contributed by atoms with van der Waals surface area (Å²) in [6, 6.07) is 7.82. The molecular weight excluding hydrogens is 230 g/mol. The van der Waals surface area contributed by atoms with E-state index in [1.54, 1.807) is 0 Å². The minimum absolute atomic E-state index is 0.292. The summed E-state index contributed by atoms with van der Waals surface area (Å²) in [5.41, 5.74) is 6.50. The maximum atomic E-state index is 5.62. The van der Waals surface area contributed by atoms with Crippen molar-refractivity contribution in [1.29, 1.82) is 0 Å². The first kappa shape index (κ1) is 12.6. The van der Waals surface area contributed by atoms with Crippen molar-refractivity contribution < 1.29 is 9.15 Å². The van der Waals surface area contributed by atoms with Crippen LogP contribution in [0.25, 0.3) is 0 Å². The van der Waals surface area contributed by atoms with Gasteiger partial charge in [0.1, 0.15) is 5.75 Å². The van der Waals surface area contributed by atoms with Gasteiger partial charge >= 0.3 is 0 Å². The summed E-state index contributed by atoms with van der Waals surface area (Å²) in [5.74, 6) is 1.94. The average Bonchev–Trinajstić information content (AvgIpc) is 2.83. The van der Waals surface area contributed by atoms with Gasteiger partial charge < -0.3 is 14.9 Å². The topological polar surface area (TPSA) is 74.2 Å². The van der Waals surface area contributed by atoms with Gasteiger partial charge in [-0.05, 0) is 31.5 Å². The van der Waals surface area contributed by atoms with Gasteiger partial charge in [-0.1, -0.05) is 18.2 Å². The van der Waals surface area contributed by atoms with Crippen molar-refractivity contribution in [3.05, 3.63) is 41.6 Å². The lowest BCUT2D eigenvalue weighted by Gasteiger charge is -2.05. The lowest BCUT2D eigenvalue weighted by Crippen LogP contribution is -2.00. The second-order valence-electron chi connectivity index (χ2n) is 4.04. The minimum Gasteiger partial charge on any atom is -0.484 e. The van der Waals surface area contributed by atoms with Crippen LogP contribution in [0.15, 0.2) is 28.7 Å². The highest BCUT2D eigenvalue weighted by Crippen LogP contribution is 2.17. The zero-order valence-electron chi connectivity index (χ0n) is 10.4. The molecule has 2 rings (SSSR count). The second kappa shape index (κ2) is 6.16. The van der Waals surface area contributed by atoms with Crippen molar-refractivity contribution in [1.82, 2.24) is 10.2 Å². The van der Waals surface area contributed by atoms with Crippen molar-refractivity contribution in [2.75, 3.05) is 6.54 Å². The molecule has 0 bridgehead atoms. The van der Waals surface area contributed by atoms with Gasteiger partial charge in [-0.3, -0.25) is 0 Å². The van der Waals surface area contributed by atoms with Crippen LogP contribution in [0.3, 0.4) is 0 Å². The lowest BCUT2D eigenvalue weighted by atomic mass is 10.2. The number of nitrogens with zero attached hydrogens (tertiary/aromatic N) is 2. The van der Waals surface area contributed by atoms with Gasteiger partial charge in [-0.15, -0.1) is 10.2 Å². The van der Waals surface area contributed by atoms with Crippen LogP contribution < -0.4 is 10.5 Å². The van der Waals surface area contributed by atoms with E-state index in [-0.39, 0.29) is 0 Å². The van der Waals surface area contributed by atoms with E-state index < -0.39 is 0 Å². The zero-order chi connectivity index (χ0) is 12.8. The molecule has 0 saturated carbocycles. The normalized spacial score (nSPS) is 10.6. The summed E-state index contributed by atoms with van der Waals surface area (Å²) in [6.07, 6.45) is 1.56. The Bertz CT molecular complexity index is 496. The van der Waals surface area contributed by atoms with Crippen LogP contribution in [0.2, 0.25) is 0 Å². The molecule has 96 valence electrons. The molecule has 2 N–H and O–H groups in total. The van der Waals surface area contributed by atoms with Gasteiger partial charge in [-0.25, -0.2) is 0 Å². The number of benzene rings is 1. The first-order valence-corrected chi connectivity index (χ1v) is 5.99. The van der Waals surface area contributed by atoms with E-state index >= 15 is 0 Å². The Labute approximate surface area is 106 Å². The van der Waals surface area contributed by atoms with E-state index in [0.29, 0.717) is 31.4 Å². The summed E-state index contributed by atoms with van der Waals surface area (Å²) < 4.78 is 11.1. The van der Waals surface area contributed by atoms with Crippen molar-refractivity contribution in [2.24, 2.45) is 5.73 Å². The van der Waals surface area contributed by atoms with Crippen molar-refractivity contribution in [2.45, 2.75) is 26.4 Å². The van der Waals surface area contributed by atoms with Crippen LogP contribution in [0.5, 0.6) is 5.75 Å². The Morgan fingerprint density at radius 3 is 2.78 bits per heavy atom. The SMILES string of the molecule is Cc1ccccc1OCc1nnc(CCCN)o1. The molecule has 5 nitrogen and oxygen atoms in total. The zero-order valence-corrected chi connectivity index (χ0v) is 10.4. The predicted molar refractivity (Wildman–Crippen MR) is 67.2 cm³/mol. The maximum absolute atomic E-state index is 5.62. The quantitative estimate of drug-likeness (QED) is 0.843. The fraction of sp³-hybridized carbons (Fsp3) is 0.385. The fourth-order valence-electron chi connectivity index (χ4n) is 1.56. The smallest absolute Gasteiger partial charge is 0.253 e. The van der Waals surface area contributed by atoms with Crippen molar-refractivity contribution in [3.63, 3.8) is 0 Å². The molecule has 0 spiro atoms. The molecule has 0 amide bonds. The van der Waals surface area contributed by atoms with Crippen LogP contribution in [0.4, 0.5) is 0 Å². The van der Waals surface area contributed by atoms with Crippen molar-refractivity contribution in [3.8, 4) is 5.75 Å². The number of aryl methyl sites for hydroxylation is 2. The standard InChI is InChI=1S/C13H17N3O2/c1-10-5-2-3-6-11(10)17-9-13-16-15-12(18-13)7-4-8-14/h2-3,5-6H,4,7-9,14H2,1H3. The summed E-state index contributed by atoms with van der Waals surface area (Å²) in [7, 11) is 0. The molecule has 1 aromatic carbocycles. The summed E-state index contributed by atoms with van der Waals surface area (Å²) in [6.45, 7) is 2.91. The fourth-order valence-corrected chi connectivity index (χ4v) is 1.56. The Morgan fingerprint density at radius 2 is 2.00 bits per heavy atom. The highest BCUT2D eigenvalue weighted by Gasteiger charge is 2.07. The number of hydrogen-bond acceptors (Lipinski definition) is 5. The van der Waals surface area contributed by atoms with Crippen LogP contribution in [-0.4, -0.2) is 16.7 Å². The van der Waals surface area contributed by atoms with Gasteiger partial charge in [0.15, 0.2) is 6.61 Å². The molecule has 0 aliphatic heterocycles. The second-order valence-corrected chi connectivity index (χ2v) is 4.04. The molecule has 0 radical (unpaired) electrons. The van der Waals surface area contributed by atoms with E-state index in [4.69, 9.17) is 14.9 Å². The van der Waals surface area contributed by atoms with E-state index in [1.807, 2.05) is 31.2 Å². The van der Waals surface area contributed by atoms with Crippen LogP contribution in [-0.2, 0) is 13.0 Å². The molecule has 0 aliphatic rings. The molecule has 5 heteroatoms. The third-order valence-electron chi connectivity index (χ3n) is 2.55. The van der Waals surface area contributed by atoms with Gasteiger partial charge in [0.25, 0.3) is 5.89 Å².